The molecule has 0 aromatic carbocycles. The number of piperidine rings is 1. The van der Waals surface area contributed by atoms with Crippen LogP contribution in [0.5, 0.6) is 0 Å². The number of amides is 1. The van der Waals surface area contributed by atoms with Crippen molar-refractivity contribution in [2.75, 3.05) is 52.6 Å². The van der Waals surface area contributed by atoms with Crippen LogP contribution in [0, 0.1) is 5.92 Å². The van der Waals surface area contributed by atoms with Crippen molar-refractivity contribution in [2.24, 2.45) is 5.92 Å². The van der Waals surface area contributed by atoms with Crippen LogP contribution in [0.15, 0.2) is 0 Å². The SMILES string of the molecule is C[C@H](C(=O)N1CCOCC1)N1CCC[C@@H](C2OCCO2)C1. The van der Waals surface area contributed by atoms with Gasteiger partial charge in [0.05, 0.1) is 32.5 Å². The highest BCUT2D eigenvalue weighted by molar-refractivity contribution is 5.81. The summed E-state index contributed by atoms with van der Waals surface area (Å²) in [4.78, 5) is 16.8. The molecule has 0 radical (unpaired) electrons. The topological polar surface area (TPSA) is 51.2 Å². The highest BCUT2D eigenvalue weighted by atomic mass is 16.7. The first-order chi connectivity index (χ1) is 10.3. The fourth-order valence-corrected chi connectivity index (χ4v) is 3.47. The number of nitrogens with zero attached hydrogens (tertiary/aromatic N) is 2. The first kappa shape index (κ1) is 15.2. The quantitative estimate of drug-likeness (QED) is 0.751. The van der Waals surface area contributed by atoms with E-state index in [0.717, 1.165) is 39.0 Å². The van der Waals surface area contributed by atoms with E-state index in [9.17, 15) is 4.79 Å². The summed E-state index contributed by atoms with van der Waals surface area (Å²) in [6.45, 7) is 8.05. The van der Waals surface area contributed by atoms with Crippen LogP contribution < -0.4 is 0 Å². The van der Waals surface area contributed by atoms with Crippen molar-refractivity contribution in [3.05, 3.63) is 0 Å². The van der Waals surface area contributed by atoms with Gasteiger partial charge in [-0.1, -0.05) is 0 Å². The van der Waals surface area contributed by atoms with Gasteiger partial charge >= 0.3 is 0 Å². The number of morpholine rings is 1. The predicted octanol–water partition coefficient (Wildman–Crippen LogP) is 0.319. The van der Waals surface area contributed by atoms with E-state index in [0.29, 0.717) is 32.3 Å². The third-order valence-corrected chi connectivity index (χ3v) is 4.75. The molecule has 0 N–H and O–H groups in total. The summed E-state index contributed by atoms with van der Waals surface area (Å²) in [6, 6.07) is -0.0627. The highest BCUT2D eigenvalue weighted by Gasteiger charge is 2.35. The summed E-state index contributed by atoms with van der Waals surface area (Å²) >= 11 is 0. The molecule has 3 rings (SSSR count). The lowest BCUT2D eigenvalue weighted by molar-refractivity contribution is -0.144. The van der Waals surface area contributed by atoms with Crippen molar-refractivity contribution in [1.82, 2.24) is 9.80 Å². The molecule has 6 heteroatoms. The second kappa shape index (κ2) is 7.05. The number of carbonyl (C=O) groups is 1. The molecule has 3 aliphatic heterocycles. The zero-order valence-electron chi connectivity index (χ0n) is 12.8. The molecule has 3 heterocycles. The molecular formula is C15H26N2O4. The minimum Gasteiger partial charge on any atom is -0.378 e. The van der Waals surface area contributed by atoms with E-state index in [2.05, 4.69) is 4.90 Å². The lowest BCUT2D eigenvalue weighted by Crippen LogP contribution is -2.53. The van der Waals surface area contributed by atoms with Gasteiger partial charge in [0.25, 0.3) is 0 Å². The third kappa shape index (κ3) is 3.56. The van der Waals surface area contributed by atoms with Crippen molar-refractivity contribution in [3.63, 3.8) is 0 Å². The van der Waals surface area contributed by atoms with Gasteiger partial charge in [-0.3, -0.25) is 9.69 Å². The summed E-state index contributed by atoms with van der Waals surface area (Å²) in [7, 11) is 0. The van der Waals surface area contributed by atoms with E-state index in [-0.39, 0.29) is 18.2 Å². The van der Waals surface area contributed by atoms with Crippen LogP contribution in [0.3, 0.4) is 0 Å². The van der Waals surface area contributed by atoms with Gasteiger partial charge in [0.2, 0.25) is 5.91 Å². The van der Waals surface area contributed by atoms with Gasteiger partial charge in [0.15, 0.2) is 6.29 Å². The first-order valence-electron chi connectivity index (χ1n) is 8.09. The zero-order valence-corrected chi connectivity index (χ0v) is 12.8. The fraction of sp³-hybridized carbons (Fsp3) is 0.933. The van der Waals surface area contributed by atoms with Gasteiger partial charge in [-0.15, -0.1) is 0 Å². The van der Waals surface area contributed by atoms with E-state index >= 15 is 0 Å². The lowest BCUT2D eigenvalue weighted by atomic mass is 9.96. The normalized spacial score (nSPS) is 30.5. The molecule has 21 heavy (non-hydrogen) atoms. The summed E-state index contributed by atoms with van der Waals surface area (Å²) in [5, 5.41) is 0. The standard InChI is InChI=1S/C15H26N2O4/c1-12(14(18)16-5-7-19-8-6-16)17-4-2-3-13(11-17)15-20-9-10-21-15/h12-13,15H,2-11H2,1H3/t12-,13-/m1/s1. The molecule has 3 fully saturated rings. The molecule has 3 saturated heterocycles. The number of hydrogen-bond donors (Lipinski definition) is 0. The summed E-state index contributed by atoms with van der Waals surface area (Å²) in [5.41, 5.74) is 0. The first-order valence-corrected chi connectivity index (χ1v) is 8.09. The van der Waals surface area contributed by atoms with Gasteiger partial charge in [-0.2, -0.15) is 0 Å². The highest BCUT2D eigenvalue weighted by Crippen LogP contribution is 2.26. The number of likely N-dealkylation sites (tertiary alicyclic amines) is 1. The third-order valence-electron chi connectivity index (χ3n) is 4.75. The maximum absolute atomic E-state index is 12.6. The second-order valence-corrected chi connectivity index (χ2v) is 6.12. The Morgan fingerprint density at radius 3 is 2.52 bits per heavy atom. The second-order valence-electron chi connectivity index (χ2n) is 6.12. The molecule has 120 valence electrons. The Morgan fingerprint density at radius 1 is 1.10 bits per heavy atom. The molecule has 0 aromatic heterocycles. The number of ether oxygens (including phenoxy) is 3. The summed E-state index contributed by atoms with van der Waals surface area (Å²) < 4.78 is 16.6. The molecule has 0 aliphatic carbocycles. The van der Waals surface area contributed by atoms with E-state index in [1.165, 1.54) is 0 Å². The molecule has 6 nitrogen and oxygen atoms in total. The van der Waals surface area contributed by atoms with Gasteiger partial charge < -0.3 is 19.1 Å². The molecule has 0 saturated carbocycles. The van der Waals surface area contributed by atoms with Crippen molar-refractivity contribution >= 4 is 5.91 Å². The molecule has 2 atom stereocenters. The predicted molar refractivity (Wildman–Crippen MR) is 76.9 cm³/mol. The van der Waals surface area contributed by atoms with Gasteiger partial charge in [0, 0.05) is 25.6 Å². The Morgan fingerprint density at radius 2 is 1.81 bits per heavy atom. The van der Waals surface area contributed by atoms with Crippen molar-refractivity contribution in [2.45, 2.75) is 32.1 Å². The van der Waals surface area contributed by atoms with Gasteiger partial charge in [-0.25, -0.2) is 0 Å². The average Bonchev–Trinajstić information content (AvgIpc) is 3.09. The van der Waals surface area contributed by atoms with Crippen molar-refractivity contribution in [3.8, 4) is 0 Å². The fourth-order valence-electron chi connectivity index (χ4n) is 3.47. The largest absolute Gasteiger partial charge is 0.378 e. The van der Waals surface area contributed by atoms with Crippen molar-refractivity contribution < 1.29 is 19.0 Å². The minimum atomic E-state index is -0.0708. The smallest absolute Gasteiger partial charge is 0.239 e. The Labute approximate surface area is 126 Å². The molecule has 0 spiro atoms. The molecular weight excluding hydrogens is 272 g/mol. The zero-order chi connectivity index (χ0) is 14.7. The van der Waals surface area contributed by atoms with Gasteiger partial charge in [0.1, 0.15) is 0 Å². The lowest BCUT2D eigenvalue weighted by Gasteiger charge is -2.39. The molecule has 0 aromatic rings. The maximum Gasteiger partial charge on any atom is 0.239 e. The van der Waals surface area contributed by atoms with Crippen LogP contribution in [0.2, 0.25) is 0 Å². The number of carbonyl (C=O) groups excluding carboxylic acids is 1. The molecule has 0 unspecified atom stereocenters. The van der Waals surface area contributed by atoms with E-state index < -0.39 is 0 Å². The Hall–Kier alpha value is -0.690. The number of rotatable bonds is 3. The van der Waals surface area contributed by atoms with E-state index in [1.54, 1.807) is 0 Å². The molecule has 0 bridgehead atoms. The molecule has 3 aliphatic rings. The Bertz CT molecular complexity index is 354. The summed E-state index contributed by atoms with van der Waals surface area (Å²) in [5.74, 6) is 0.619. The Balaban J connectivity index is 1.55. The van der Waals surface area contributed by atoms with E-state index in [4.69, 9.17) is 14.2 Å². The van der Waals surface area contributed by atoms with Crippen LogP contribution in [0.4, 0.5) is 0 Å². The Kier molecular flexibility index (Phi) is 5.11. The monoisotopic (exact) mass is 298 g/mol. The van der Waals surface area contributed by atoms with E-state index in [1.807, 2.05) is 11.8 Å². The average molecular weight is 298 g/mol. The van der Waals surface area contributed by atoms with Crippen molar-refractivity contribution in [1.29, 1.82) is 0 Å². The number of hydrogen-bond acceptors (Lipinski definition) is 5. The van der Waals surface area contributed by atoms with Crippen LogP contribution in [0.1, 0.15) is 19.8 Å². The van der Waals surface area contributed by atoms with Gasteiger partial charge in [-0.05, 0) is 26.3 Å². The summed E-state index contributed by atoms with van der Waals surface area (Å²) in [6.07, 6.45) is 2.16. The minimum absolute atomic E-state index is 0.0627. The van der Waals surface area contributed by atoms with Crippen LogP contribution >= 0.6 is 0 Å². The van der Waals surface area contributed by atoms with Crippen LogP contribution in [0.25, 0.3) is 0 Å². The van der Waals surface area contributed by atoms with Crippen LogP contribution in [-0.2, 0) is 19.0 Å². The maximum atomic E-state index is 12.6. The van der Waals surface area contributed by atoms with Crippen LogP contribution in [-0.4, -0.2) is 80.6 Å². The molecule has 1 amide bonds.